The van der Waals surface area contributed by atoms with Gasteiger partial charge in [0.2, 0.25) is 5.91 Å². The number of pyridine rings is 1. The molecule has 1 aromatic heterocycles. The topological polar surface area (TPSA) is 42.0 Å². The number of carbonyl (C=O) groups excluding carboxylic acids is 1. The van der Waals surface area contributed by atoms with Crippen LogP contribution in [0.4, 0.5) is 5.69 Å². The maximum absolute atomic E-state index is 11.3. The molecule has 0 unspecified atom stereocenters. The van der Waals surface area contributed by atoms with Crippen LogP contribution < -0.4 is 5.32 Å². The number of benzene rings is 1. The van der Waals surface area contributed by atoms with Crippen LogP contribution in [0.15, 0.2) is 36.5 Å². The van der Waals surface area contributed by atoms with Crippen LogP contribution in [0.2, 0.25) is 0 Å². The van der Waals surface area contributed by atoms with Crippen molar-refractivity contribution in [3.63, 3.8) is 0 Å². The zero-order valence-electron chi connectivity index (χ0n) is 11.5. The Hall–Kier alpha value is -2.16. The first-order valence-electron chi connectivity index (χ1n) is 6.59. The highest BCUT2D eigenvalue weighted by Crippen LogP contribution is 2.29. The average molecular weight is 254 g/mol. The molecule has 0 radical (unpaired) electrons. The Labute approximate surface area is 113 Å². The fourth-order valence-corrected chi connectivity index (χ4v) is 2.19. The zero-order valence-corrected chi connectivity index (χ0v) is 11.5. The SMILES string of the molecule is CC.Cc1ncccc1-c1ccc2c(c1)CC(=O)N2. The molecule has 1 N–H and O–H groups in total. The summed E-state index contributed by atoms with van der Waals surface area (Å²) in [6.07, 6.45) is 2.26. The average Bonchev–Trinajstić information content (AvgIpc) is 2.80. The molecule has 3 heteroatoms. The maximum atomic E-state index is 11.3. The van der Waals surface area contributed by atoms with E-state index in [0.717, 1.165) is 28.1 Å². The second kappa shape index (κ2) is 5.65. The highest BCUT2D eigenvalue weighted by Gasteiger charge is 2.17. The van der Waals surface area contributed by atoms with Gasteiger partial charge in [0.25, 0.3) is 0 Å². The van der Waals surface area contributed by atoms with Gasteiger partial charge < -0.3 is 5.32 Å². The Bertz CT molecular complexity index is 605. The Morgan fingerprint density at radius 2 is 2.00 bits per heavy atom. The van der Waals surface area contributed by atoms with Gasteiger partial charge in [-0.05, 0) is 36.2 Å². The van der Waals surface area contributed by atoms with Crippen LogP contribution in [-0.4, -0.2) is 10.9 Å². The molecule has 2 aromatic rings. The minimum atomic E-state index is 0.0695. The number of nitrogens with one attached hydrogen (secondary N) is 1. The van der Waals surface area contributed by atoms with Gasteiger partial charge in [-0.25, -0.2) is 0 Å². The molecule has 19 heavy (non-hydrogen) atoms. The minimum absolute atomic E-state index is 0.0695. The second-order valence-electron chi connectivity index (χ2n) is 4.23. The molecule has 3 nitrogen and oxygen atoms in total. The molecule has 1 aliphatic heterocycles. The van der Waals surface area contributed by atoms with Crippen LogP contribution in [0, 0.1) is 6.92 Å². The normalized spacial score (nSPS) is 12.3. The maximum Gasteiger partial charge on any atom is 0.228 e. The molecule has 0 atom stereocenters. The molecule has 0 bridgehead atoms. The van der Waals surface area contributed by atoms with Crippen LogP contribution in [0.5, 0.6) is 0 Å². The molecule has 1 aromatic carbocycles. The van der Waals surface area contributed by atoms with Gasteiger partial charge in [-0.1, -0.05) is 26.0 Å². The lowest BCUT2D eigenvalue weighted by Gasteiger charge is -2.06. The number of aryl methyl sites for hydroxylation is 1. The third kappa shape index (κ3) is 2.65. The molecule has 98 valence electrons. The molecule has 0 spiro atoms. The van der Waals surface area contributed by atoms with Crippen molar-refractivity contribution >= 4 is 11.6 Å². The number of rotatable bonds is 1. The van der Waals surface area contributed by atoms with Crippen molar-refractivity contribution in [1.82, 2.24) is 4.98 Å². The summed E-state index contributed by atoms with van der Waals surface area (Å²) in [5.74, 6) is 0.0695. The number of hydrogen-bond donors (Lipinski definition) is 1. The zero-order chi connectivity index (χ0) is 13.8. The standard InChI is InChI=1S/C14H12N2O.C2H6/c1-9-12(3-2-6-15-9)10-4-5-13-11(7-10)8-14(17)16-13;1-2/h2-7H,8H2,1H3,(H,16,17);1-2H3. The molecular formula is C16H18N2O. The first kappa shape index (κ1) is 13.3. The fourth-order valence-electron chi connectivity index (χ4n) is 2.19. The van der Waals surface area contributed by atoms with E-state index in [-0.39, 0.29) is 5.91 Å². The van der Waals surface area contributed by atoms with E-state index < -0.39 is 0 Å². The van der Waals surface area contributed by atoms with E-state index in [2.05, 4.69) is 16.4 Å². The molecule has 1 aliphatic rings. The first-order valence-corrected chi connectivity index (χ1v) is 6.59. The van der Waals surface area contributed by atoms with Crippen LogP contribution in [0.1, 0.15) is 25.1 Å². The van der Waals surface area contributed by atoms with Crippen LogP contribution in [0.3, 0.4) is 0 Å². The summed E-state index contributed by atoms with van der Waals surface area (Å²) < 4.78 is 0. The van der Waals surface area contributed by atoms with E-state index >= 15 is 0 Å². The highest BCUT2D eigenvalue weighted by molar-refractivity contribution is 5.99. The second-order valence-corrected chi connectivity index (χ2v) is 4.23. The van der Waals surface area contributed by atoms with E-state index in [1.165, 1.54) is 0 Å². The largest absolute Gasteiger partial charge is 0.326 e. The number of aromatic nitrogens is 1. The summed E-state index contributed by atoms with van der Waals surface area (Å²) in [6.45, 7) is 5.99. The summed E-state index contributed by atoms with van der Waals surface area (Å²) in [4.78, 5) is 15.6. The Kier molecular flexibility index (Phi) is 3.95. The van der Waals surface area contributed by atoms with Crippen molar-refractivity contribution in [3.8, 4) is 11.1 Å². The summed E-state index contributed by atoms with van der Waals surface area (Å²) >= 11 is 0. The number of fused-ring (bicyclic) bond motifs is 1. The van der Waals surface area contributed by atoms with E-state index in [9.17, 15) is 4.79 Å². The van der Waals surface area contributed by atoms with Crippen molar-refractivity contribution in [2.75, 3.05) is 5.32 Å². The minimum Gasteiger partial charge on any atom is -0.326 e. The molecule has 0 aliphatic carbocycles. The monoisotopic (exact) mass is 254 g/mol. The predicted octanol–water partition coefficient (Wildman–Crippen LogP) is 3.58. The van der Waals surface area contributed by atoms with Gasteiger partial charge in [0.15, 0.2) is 0 Å². The Balaban J connectivity index is 0.000000637. The van der Waals surface area contributed by atoms with Crippen molar-refractivity contribution in [3.05, 3.63) is 47.8 Å². The van der Waals surface area contributed by atoms with E-state index in [4.69, 9.17) is 0 Å². The van der Waals surface area contributed by atoms with E-state index in [1.807, 2.05) is 45.0 Å². The van der Waals surface area contributed by atoms with E-state index in [0.29, 0.717) is 6.42 Å². The number of hydrogen-bond acceptors (Lipinski definition) is 2. The van der Waals surface area contributed by atoms with Gasteiger partial charge in [0, 0.05) is 23.1 Å². The van der Waals surface area contributed by atoms with Crippen molar-refractivity contribution in [2.45, 2.75) is 27.2 Å². The summed E-state index contributed by atoms with van der Waals surface area (Å²) in [5, 5.41) is 2.84. The van der Waals surface area contributed by atoms with Crippen molar-refractivity contribution in [1.29, 1.82) is 0 Å². The van der Waals surface area contributed by atoms with Gasteiger partial charge >= 0.3 is 0 Å². The highest BCUT2D eigenvalue weighted by atomic mass is 16.1. The fraction of sp³-hybridized carbons (Fsp3) is 0.250. The Morgan fingerprint density at radius 3 is 2.74 bits per heavy atom. The van der Waals surface area contributed by atoms with E-state index in [1.54, 1.807) is 6.20 Å². The molecule has 1 amide bonds. The molecule has 3 rings (SSSR count). The lowest BCUT2D eigenvalue weighted by Crippen LogP contribution is -2.03. The third-order valence-electron chi connectivity index (χ3n) is 3.05. The molecule has 0 fully saturated rings. The van der Waals surface area contributed by atoms with Crippen molar-refractivity contribution < 1.29 is 4.79 Å². The summed E-state index contributed by atoms with van der Waals surface area (Å²) in [6, 6.07) is 10.0. The number of amides is 1. The summed E-state index contributed by atoms with van der Waals surface area (Å²) in [5.41, 5.74) is 5.24. The Morgan fingerprint density at radius 1 is 1.21 bits per heavy atom. The smallest absolute Gasteiger partial charge is 0.228 e. The quantitative estimate of drug-likeness (QED) is 0.845. The van der Waals surface area contributed by atoms with Gasteiger partial charge in [0.1, 0.15) is 0 Å². The predicted molar refractivity (Wildman–Crippen MR) is 78.1 cm³/mol. The van der Waals surface area contributed by atoms with Crippen LogP contribution >= 0.6 is 0 Å². The number of carbonyl (C=O) groups is 1. The molecule has 0 saturated carbocycles. The number of anilines is 1. The summed E-state index contributed by atoms with van der Waals surface area (Å²) in [7, 11) is 0. The van der Waals surface area contributed by atoms with Crippen molar-refractivity contribution in [2.24, 2.45) is 0 Å². The number of nitrogens with zero attached hydrogens (tertiary/aromatic N) is 1. The van der Waals surface area contributed by atoms with Gasteiger partial charge in [-0.3, -0.25) is 9.78 Å². The van der Waals surface area contributed by atoms with Crippen LogP contribution in [-0.2, 0) is 11.2 Å². The van der Waals surface area contributed by atoms with Crippen LogP contribution in [0.25, 0.3) is 11.1 Å². The van der Waals surface area contributed by atoms with Gasteiger partial charge in [-0.2, -0.15) is 0 Å². The molecule has 2 heterocycles. The van der Waals surface area contributed by atoms with Gasteiger partial charge in [-0.15, -0.1) is 0 Å². The third-order valence-corrected chi connectivity index (χ3v) is 3.05. The first-order chi connectivity index (χ1) is 9.24. The molecule has 0 saturated heterocycles. The van der Waals surface area contributed by atoms with Gasteiger partial charge in [0.05, 0.1) is 6.42 Å². The lowest BCUT2D eigenvalue weighted by atomic mass is 10.0. The molecular weight excluding hydrogens is 236 g/mol. The lowest BCUT2D eigenvalue weighted by molar-refractivity contribution is -0.115.